The van der Waals surface area contributed by atoms with E-state index in [2.05, 4.69) is 33.9 Å². The normalized spacial score (nSPS) is 17.2. The third-order valence-electron chi connectivity index (χ3n) is 3.72. The van der Waals surface area contributed by atoms with Gasteiger partial charge < -0.3 is 9.80 Å². The molecule has 19 heavy (non-hydrogen) atoms. The van der Waals surface area contributed by atoms with Gasteiger partial charge in [-0.25, -0.2) is 9.97 Å². The third-order valence-corrected chi connectivity index (χ3v) is 3.92. The van der Waals surface area contributed by atoms with E-state index in [9.17, 15) is 0 Å². The summed E-state index contributed by atoms with van der Waals surface area (Å²) >= 11 is 5.81. The molecule has 2 rings (SSSR count). The van der Waals surface area contributed by atoms with E-state index in [1.165, 1.54) is 32.2 Å². The van der Waals surface area contributed by atoms with Crippen molar-refractivity contribution >= 4 is 17.5 Å². The van der Waals surface area contributed by atoms with Crippen molar-refractivity contribution in [1.82, 2.24) is 14.9 Å². The molecule has 0 N–H and O–H groups in total. The molecule has 0 saturated carbocycles. The lowest BCUT2D eigenvalue weighted by Gasteiger charge is -2.32. The highest BCUT2D eigenvalue weighted by Gasteiger charge is 2.20. The zero-order valence-electron chi connectivity index (χ0n) is 11.8. The molecule has 1 fully saturated rings. The Morgan fingerprint density at radius 3 is 2.47 bits per heavy atom. The lowest BCUT2D eigenvalue weighted by atomic mass is 9.92. The number of rotatable bonds is 5. The second kappa shape index (κ2) is 7.06. The molecule has 0 unspecified atom stereocenters. The minimum absolute atomic E-state index is 0.599. The minimum Gasteiger partial charge on any atom is -0.341 e. The van der Waals surface area contributed by atoms with Gasteiger partial charge in [-0.05, 0) is 52.2 Å². The molecule has 0 radical (unpaired) electrons. The van der Waals surface area contributed by atoms with Gasteiger partial charge in [0, 0.05) is 13.1 Å². The summed E-state index contributed by atoms with van der Waals surface area (Å²) in [6.45, 7) is 3.32. The average Bonchev–Trinajstić information content (AvgIpc) is 2.40. The van der Waals surface area contributed by atoms with Gasteiger partial charge in [0.1, 0.15) is 0 Å². The highest BCUT2D eigenvalue weighted by Crippen LogP contribution is 2.24. The van der Waals surface area contributed by atoms with E-state index in [-0.39, 0.29) is 0 Å². The fraction of sp³-hybridized carbons (Fsp3) is 0.714. The highest BCUT2D eigenvalue weighted by molar-refractivity contribution is 6.30. The summed E-state index contributed by atoms with van der Waals surface area (Å²) in [6, 6.07) is 0. The second-order valence-corrected chi connectivity index (χ2v) is 6.01. The quantitative estimate of drug-likeness (QED) is 0.831. The third kappa shape index (κ3) is 4.62. The van der Waals surface area contributed by atoms with Gasteiger partial charge in [-0.15, -0.1) is 0 Å². The fourth-order valence-corrected chi connectivity index (χ4v) is 2.68. The van der Waals surface area contributed by atoms with E-state index < -0.39 is 0 Å². The van der Waals surface area contributed by atoms with Crippen LogP contribution in [0.2, 0.25) is 5.02 Å². The van der Waals surface area contributed by atoms with Crippen molar-refractivity contribution < 1.29 is 0 Å². The van der Waals surface area contributed by atoms with Crippen molar-refractivity contribution in [3.63, 3.8) is 0 Å². The Bertz CT molecular complexity index is 372. The van der Waals surface area contributed by atoms with Gasteiger partial charge in [0.2, 0.25) is 5.95 Å². The Hall–Kier alpha value is -0.870. The Balaban J connectivity index is 1.74. The number of piperidine rings is 1. The monoisotopic (exact) mass is 282 g/mol. The average molecular weight is 283 g/mol. The predicted molar refractivity (Wildman–Crippen MR) is 79.8 cm³/mol. The van der Waals surface area contributed by atoms with Crippen LogP contribution >= 0.6 is 11.6 Å². The van der Waals surface area contributed by atoms with E-state index in [0.29, 0.717) is 5.02 Å². The zero-order chi connectivity index (χ0) is 13.7. The Morgan fingerprint density at radius 1 is 1.26 bits per heavy atom. The summed E-state index contributed by atoms with van der Waals surface area (Å²) in [5.41, 5.74) is 0. The molecule has 1 aromatic rings. The summed E-state index contributed by atoms with van der Waals surface area (Å²) in [7, 11) is 4.28. The molecule has 1 aliphatic heterocycles. The first kappa shape index (κ1) is 14.5. The summed E-state index contributed by atoms with van der Waals surface area (Å²) < 4.78 is 0. The van der Waals surface area contributed by atoms with Crippen LogP contribution in [-0.2, 0) is 0 Å². The molecule has 1 saturated heterocycles. The van der Waals surface area contributed by atoms with Gasteiger partial charge in [0.25, 0.3) is 0 Å². The molecule has 0 aromatic carbocycles. The standard InChI is InChI=1S/C14H23ClN4/c1-18(2)7-3-4-12-5-8-19(9-6-12)14-16-10-13(15)11-17-14/h10-12H,3-9H2,1-2H3. The summed E-state index contributed by atoms with van der Waals surface area (Å²) in [5.74, 6) is 1.68. The van der Waals surface area contributed by atoms with Gasteiger partial charge in [-0.2, -0.15) is 0 Å². The lowest BCUT2D eigenvalue weighted by molar-refractivity contribution is 0.330. The fourth-order valence-electron chi connectivity index (χ4n) is 2.59. The predicted octanol–water partition coefficient (Wildman–Crippen LogP) is 2.69. The van der Waals surface area contributed by atoms with Gasteiger partial charge in [-0.3, -0.25) is 0 Å². The molecule has 0 bridgehead atoms. The Kier molecular flexibility index (Phi) is 5.40. The Morgan fingerprint density at radius 2 is 1.89 bits per heavy atom. The van der Waals surface area contributed by atoms with Gasteiger partial charge in [0.15, 0.2) is 0 Å². The van der Waals surface area contributed by atoms with Crippen molar-refractivity contribution in [3.8, 4) is 0 Å². The topological polar surface area (TPSA) is 32.3 Å². The molecule has 0 spiro atoms. The molecule has 2 heterocycles. The number of aromatic nitrogens is 2. The van der Waals surface area contributed by atoms with Crippen LogP contribution in [0.5, 0.6) is 0 Å². The SMILES string of the molecule is CN(C)CCCC1CCN(c2ncc(Cl)cn2)CC1. The number of anilines is 1. The number of hydrogen-bond donors (Lipinski definition) is 0. The largest absolute Gasteiger partial charge is 0.341 e. The van der Waals surface area contributed by atoms with E-state index in [1.54, 1.807) is 12.4 Å². The zero-order valence-corrected chi connectivity index (χ0v) is 12.6. The summed E-state index contributed by atoms with van der Waals surface area (Å²) in [5, 5.41) is 0.599. The van der Waals surface area contributed by atoms with Crippen molar-refractivity contribution in [2.75, 3.05) is 38.6 Å². The molecular weight excluding hydrogens is 260 g/mol. The Labute approximate surface area is 120 Å². The maximum Gasteiger partial charge on any atom is 0.225 e. The van der Waals surface area contributed by atoms with Crippen LogP contribution in [0.15, 0.2) is 12.4 Å². The second-order valence-electron chi connectivity index (χ2n) is 5.58. The van der Waals surface area contributed by atoms with Crippen LogP contribution in [0, 0.1) is 5.92 Å². The molecule has 1 aromatic heterocycles. The van der Waals surface area contributed by atoms with Crippen LogP contribution in [0.1, 0.15) is 25.7 Å². The van der Waals surface area contributed by atoms with Crippen LogP contribution < -0.4 is 4.90 Å². The molecule has 0 aliphatic carbocycles. The lowest BCUT2D eigenvalue weighted by Crippen LogP contribution is -2.35. The van der Waals surface area contributed by atoms with E-state index in [0.717, 1.165) is 25.0 Å². The van der Waals surface area contributed by atoms with Crippen LogP contribution in [0.25, 0.3) is 0 Å². The maximum atomic E-state index is 5.81. The number of nitrogens with zero attached hydrogens (tertiary/aromatic N) is 4. The molecule has 106 valence electrons. The van der Waals surface area contributed by atoms with Crippen LogP contribution in [0.3, 0.4) is 0 Å². The van der Waals surface area contributed by atoms with Crippen molar-refractivity contribution in [1.29, 1.82) is 0 Å². The van der Waals surface area contributed by atoms with Gasteiger partial charge in [-0.1, -0.05) is 11.6 Å². The van der Waals surface area contributed by atoms with E-state index in [4.69, 9.17) is 11.6 Å². The smallest absolute Gasteiger partial charge is 0.225 e. The van der Waals surface area contributed by atoms with Crippen molar-refractivity contribution in [2.24, 2.45) is 5.92 Å². The van der Waals surface area contributed by atoms with Gasteiger partial charge >= 0.3 is 0 Å². The van der Waals surface area contributed by atoms with Crippen molar-refractivity contribution in [2.45, 2.75) is 25.7 Å². The minimum atomic E-state index is 0.599. The van der Waals surface area contributed by atoms with E-state index >= 15 is 0 Å². The highest BCUT2D eigenvalue weighted by atomic mass is 35.5. The van der Waals surface area contributed by atoms with Crippen LogP contribution in [0.4, 0.5) is 5.95 Å². The number of hydrogen-bond acceptors (Lipinski definition) is 4. The summed E-state index contributed by atoms with van der Waals surface area (Å²) in [4.78, 5) is 13.1. The van der Waals surface area contributed by atoms with Crippen molar-refractivity contribution in [3.05, 3.63) is 17.4 Å². The van der Waals surface area contributed by atoms with E-state index in [1.807, 2.05) is 0 Å². The maximum absolute atomic E-state index is 5.81. The first-order chi connectivity index (χ1) is 9.15. The molecule has 4 nitrogen and oxygen atoms in total. The summed E-state index contributed by atoms with van der Waals surface area (Å²) in [6.07, 6.45) is 8.49. The molecule has 0 amide bonds. The molecular formula is C14H23ClN4. The van der Waals surface area contributed by atoms with Crippen LogP contribution in [-0.4, -0.2) is 48.6 Å². The first-order valence-corrected chi connectivity index (χ1v) is 7.40. The number of halogens is 1. The molecule has 0 atom stereocenters. The van der Waals surface area contributed by atoms with Gasteiger partial charge in [0.05, 0.1) is 17.4 Å². The first-order valence-electron chi connectivity index (χ1n) is 7.02. The molecule has 1 aliphatic rings. The molecule has 5 heteroatoms.